The molecule has 34 heavy (non-hydrogen) atoms. The van der Waals surface area contributed by atoms with Crippen molar-refractivity contribution in [3.63, 3.8) is 0 Å². The molecule has 1 aliphatic heterocycles. The average Bonchev–Trinajstić information content (AvgIpc) is 3.09. The van der Waals surface area contributed by atoms with Gasteiger partial charge in [-0.25, -0.2) is 8.42 Å². The molecule has 0 bridgehead atoms. The molecule has 0 radical (unpaired) electrons. The largest absolute Gasteiger partial charge is 0.435 e. The van der Waals surface area contributed by atoms with Crippen molar-refractivity contribution in [3.8, 4) is 17.0 Å². The predicted octanol–water partition coefficient (Wildman–Crippen LogP) is 3.65. The Morgan fingerprint density at radius 2 is 1.97 bits per heavy atom. The van der Waals surface area contributed by atoms with E-state index in [4.69, 9.17) is 0 Å². The number of carbonyl (C=O) groups excluding carboxylic acids is 1. The van der Waals surface area contributed by atoms with E-state index in [0.717, 1.165) is 0 Å². The number of sulfone groups is 1. The van der Waals surface area contributed by atoms with Gasteiger partial charge in [0.15, 0.2) is 15.6 Å². The molecular formula is C23H25F2N3O5S. The minimum atomic E-state index is -3.08. The number of Topliss-reactive ketones (excluding diaryl/α,β-unsaturated/α-hetero) is 1. The van der Waals surface area contributed by atoms with E-state index in [0.29, 0.717) is 27.9 Å². The van der Waals surface area contributed by atoms with Crippen LogP contribution in [-0.2, 0) is 9.84 Å². The van der Waals surface area contributed by atoms with E-state index < -0.39 is 34.0 Å². The predicted molar refractivity (Wildman–Crippen MR) is 122 cm³/mol. The number of hydrogen-bond acceptors (Lipinski definition) is 7. The first-order valence-electron chi connectivity index (χ1n) is 10.7. The summed E-state index contributed by atoms with van der Waals surface area (Å²) in [5, 5.41) is 14.8. The van der Waals surface area contributed by atoms with Crippen LogP contribution in [0.1, 0.15) is 43.6 Å². The first-order valence-corrected chi connectivity index (χ1v) is 12.5. The van der Waals surface area contributed by atoms with Crippen LogP contribution in [0.5, 0.6) is 5.75 Å². The molecule has 1 aromatic carbocycles. The monoisotopic (exact) mass is 493 g/mol. The summed E-state index contributed by atoms with van der Waals surface area (Å²) in [6.07, 6.45) is 0.700. The maximum atomic E-state index is 12.9. The zero-order valence-corrected chi connectivity index (χ0v) is 19.7. The molecule has 3 aromatic rings. The molecule has 2 unspecified atom stereocenters. The molecule has 3 heterocycles. The average molecular weight is 494 g/mol. The molecule has 0 saturated carbocycles. The Bertz CT molecular complexity index is 1340. The van der Waals surface area contributed by atoms with Gasteiger partial charge in [-0.05, 0) is 32.0 Å². The normalized spacial score (nSPS) is 18.4. The number of benzene rings is 1. The molecule has 1 saturated heterocycles. The number of alkyl halides is 2. The number of ketones is 1. The molecule has 1 N–H and O–H groups in total. The number of rotatable bonds is 8. The van der Waals surface area contributed by atoms with Crippen LogP contribution in [0, 0.1) is 5.41 Å². The number of aliphatic hydroxyl groups is 1. The Balaban J connectivity index is 1.75. The van der Waals surface area contributed by atoms with Gasteiger partial charge in [0.2, 0.25) is 0 Å². The summed E-state index contributed by atoms with van der Waals surface area (Å²) >= 11 is 0. The van der Waals surface area contributed by atoms with Crippen LogP contribution in [0.25, 0.3) is 22.3 Å². The second-order valence-electron chi connectivity index (χ2n) is 9.22. The van der Waals surface area contributed by atoms with E-state index in [1.807, 2.05) is 0 Å². The number of pyridine rings is 1. The van der Waals surface area contributed by atoms with E-state index in [1.165, 1.54) is 18.3 Å². The van der Waals surface area contributed by atoms with Crippen LogP contribution < -0.4 is 4.74 Å². The third-order valence-electron chi connectivity index (χ3n) is 6.01. The molecule has 0 spiro atoms. The summed E-state index contributed by atoms with van der Waals surface area (Å²) in [6, 6.07) is 7.20. The van der Waals surface area contributed by atoms with E-state index in [1.54, 1.807) is 43.7 Å². The molecule has 2 atom stereocenters. The lowest BCUT2D eigenvalue weighted by atomic mass is 9.86. The maximum absolute atomic E-state index is 12.9. The number of fused-ring (bicyclic) bond motifs is 1. The van der Waals surface area contributed by atoms with E-state index in [9.17, 15) is 27.1 Å². The lowest BCUT2D eigenvalue weighted by Crippen LogP contribution is -2.47. The van der Waals surface area contributed by atoms with Crippen molar-refractivity contribution in [3.05, 3.63) is 42.1 Å². The maximum Gasteiger partial charge on any atom is 0.387 e. The van der Waals surface area contributed by atoms with Crippen molar-refractivity contribution in [1.29, 1.82) is 0 Å². The molecule has 11 heteroatoms. The van der Waals surface area contributed by atoms with Gasteiger partial charge in [0.25, 0.3) is 0 Å². The van der Waals surface area contributed by atoms with Crippen LogP contribution >= 0.6 is 0 Å². The number of halogens is 2. The zero-order valence-electron chi connectivity index (χ0n) is 18.9. The minimum absolute atomic E-state index is 0.0282. The van der Waals surface area contributed by atoms with Crippen LogP contribution in [0.2, 0.25) is 0 Å². The third kappa shape index (κ3) is 4.80. The van der Waals surface area contributed by atoms with Crippen LogP contribution in [0.3, 0.4) is 0 Å². The topological polar surface area (TPSA) is 111 Å². The van der Waals surface area contributed by atoms with Crippen LogP contribution in [0.15, 0.2) is 36.5 Å². The molecule has 0 aliphatic carbocycles. The number of carbonyl (C=O) groups is 1. The Labute approximate surface area is 195 Å². The van der Waals surface area contributed by atoms with Gasteiger partial charge in [-0.1, -0.05) is 19.1 Å². The van der Waals surface area contributed by atoms with Crippen LogP contribution in [0.4, 0.5) is 8.78 Å². The summed E-state index contributed by atoms with van der Waals surface area (Å²) < 4.78 is 54.6. The van der Waals surface area contributed by atoms with E-state index in [2.05, 4.69) is 14.8 Å². The standard InChI is InChI=1S/C23H25F2N3O5S/c1-13(14(2)29)28-18-8-16(19(30)9-23(3)11-34(31,32)12-23)10-26-21(18)20(27-28)15-5-4-6-17(7-15)33-22(24)25/h4-8,10,13-14,22,29H,9,11-12H2,1-3H3. The molecule has 0 amide bonds. The fraction of sp³-hybridized carbons (Fsp3) is 0.435. The number of hydrogen-bond donors (Lipinski definition) is 1. The smallest absolute Gasteiger partial charge is 0.387 e. The van der Waals surface area contributed by atoms with Gasteiger partial charge in [0.1, 0.15) is 17.0 Å². The van der Waals surface area contributed by atoms with Crippen molar-refractivity contribution in [2.24, 2.45) is 5.41 Å². The highest BCUT2D eigenvalue weighted by atomic mass is 32.2. The first kappa shape index (κ1) is 24.2. The number of aromatic nitrogens is 3. The van der Waals surface area contributed by atoms with Gasteiger partial charge in [-0.3, -0.25) is 14.5 Å². The van der Waals surface area contributed by atoms with Crippen molar-refractivity contribution in [1.82, 2.24) is 14.8 Å². The van der Waals surface area contributed by atoms with E-state index in [-0.39, 0.29) is 29.5 Å². The van der Waals surface area contributed by atoms with Crippen molar-refractivity contribution in [2.45, 2.75) is 45.9 Å². The Hall–Kier alpha value is -2.92. The summed E-state index contributed by atoms with van der Waals surface area (Å²) in [4.78, 5) is 17.4. The van der Waals surface area contributed by atoms with E-state index >= 15 is 0 Å². The second-order valence-corrected chi connectivity index (χ2v) is 11.3. The molecule has 8 nitrogen and oxygen atoms in total. The SMILES string of the molecule is CC(O)C(C)n1nc(-c2cccc(OC(F)F)c2)c2ncc(C(=O)CC3(C)CS(=O)(=O)C3)cc21. The molecule has 2 aromatic heterocycles. The molecule has 1 fully saturated rings. The lowest BCUT2D eigenvalue weighted by Gasteiger charge is -2.37. The van der Waals surface area contributed by atoms with Crippen molar-refractivity contribution >= 4 is 26.7 Å². The Morgan fingerprint density at radius 1 is 1.26 bits per heavy atom. The molecule has 4 rings (SSSR count). The lowest BCUT2D eigenvalue weighted by molar-refractivity contribution is -0.0498. The fourth-order valence-electron chi connectivity index (χ4n) is 4.31. The summed E-state index contributed by atoms with van der Waals surface area (Å²) in [6.45, 7) is 2.16. The fourth-order valence-corrected chi connectivity index (χ4v) is 6.56. The van der Waals surface area contributed by atoms with Crippen molar-refractivity contribution < 1.29 is 31.8 Å². The van der Waals surface area contributed by atoms with Gasteiger partial charge in [0, 0.05) is 29.2 Å². The third-order valence-corrected chi connectivity index (χ3v) is 8.28. The number of ether oxygens (including phenoxy) is 1. The van der Waals surface area contributed by atoms with Gasteiger partial charge in [-0.2, -0.15) is 13.9 Å². The summed E-state index contributed by atoms with van der Waals surface area (Å²) in [7, 11) is -3.08. The highest BCUT2D eigenvalue weighted by molar-refractivity contribution is 7.92. The highest BCUT2D eigenvalue weighted by Gasteiger charge is 2.45. The first-order chi connectivity index (χ1) is 15.9. The summed E-state index contributed by atoms with van der Waals surface area (Å²) in [5.74, 6) is -0.327. The number of nitrogens with zero attached hydrogens (tertiary/aromatic N) is 3. The summed E-state index contributed by atoms with van der Waals surface area (Å²) in [5.41, 5.74) is 1.49. The molecule has 182 valence electrons. The van der Waals surface area contributed by atoms with Gasteiger partial charge in [0.05, 0.1) is 29.2 Å². The van der Waals surface area contributed by atoms with Crippen LogP contribution in [-0.4, -0.2) is 58.3 Å². The Morgan fingerprint density at radius 3 is 2.59 bits per heavy atom. The molecule has 1 aliphatic rings. The Kier molecular flexibility index (Phi) is 6.19. The number of aliphatic hydroxyl groups excluding tert-OH is 1. The zero-order chi connectivity index (χ0) is 24.8. The van der Waals surface area contributed by atoms with Gasteiger partial charge >= 0.3 is 6.61 Å². The minimum Gasteiger partial charge on any atom is -0.435 e. The highest BCUT2D eigenvalue weighted by Crippen LogP contribution is 2.37. The molecular weight excluding hydrogens is 468 g/mol. The van der Waals surface area contributed by atoms with Gasteiger partial charge < -0.3 is 9.84 Å². The van der Waals surface area contributed by atoms with Crippen molar-refractivity contribution in [2.75, 3.05) is 11.5 Å². The second kappa shape index (κ2) is 8.70. The van der Waals surface area contributed by atoms with Gasteiger partial charge in [-0.15, -0.1) is 0 Å². The quantitative estimate of drug-likeness (QED) is 0.477.